The number of hydrazine groups is 1. The number of pyridine rings is 1. The molecule has 0 saturated heterocycles. The molecule has 2 N–H and O–H groups in total. The number of aromatic nitrogens is 1. The second-order valence-electron chi connectivity index (χ2n) is 2.94. The molecule has 11 heavy (non-hydrogen) atoms. The molecule has 1 aliphatic rings. The Morgan fingerprint density at radius 2 is 2.36 bits per heavy atom. The lowest BCUT2D eigenvalue weighted by atomic mass is 10.2. The molecule has 0 saturated carbocycles. The minimum absolute atomic E-state index is 0.325. The van der Waals surface area contributed by atoms with Crippen molar-refractivity contribution in [1.29, 1.82) is 0 Å². The van der Waals surface area contributed by atoms with Crippen LogP contribution in [0.5, 0.6) is 0 Å². The molecule has 3 nitrogen and oxygen atoms in total. The monoisotopic (exact) mass is 149 g/mol. The Bertz CT molecular complexity index is 283. The van der Waals surface area contributed by atoms with E-state index in [0.29, 0.717) is 6.04 Å². The number of hydrogen-bond acceptors (Lipinski definition) is 3. The Labute approximate surface area is 65.8 Å². The predicted molar refractivity (Wildman–Crippen MR) is 44.1 cm³/mol. The van der Waals surface area contributed by atoms with Gasteiger partial charge in [-0.15, -0.1) is 0 Å². The fourth-order valence-electron chi connectivity index (χ4n) is 1.28. The molecule has 1 aromatic rings. The zero-order chi connectivity index (χ0) is 7.84. The van der Waals surface area contributed by atoms with E-state index in [4.69, 9.17) is 0 Å². The molecule has 0 fully saturated rings. The van der Waals surface area contributed by atoms with Gasteiger partial charge in [0.1, 0.15) is 0 Å². The summed E-state index contributed by atoms with van der Waals surface area (Å²) in [6, 6.07) is 2.42. The van der Waals surface area contributed by atoms with E-state index in [1.54, 1.807) is 0 Å². The number of nitrogens with one attached hydrogen (secondary N) is 2. The Hall–Kier alpha value is -1.09. The van der Waals surface area contributed by atoms with Crippen LogP contribution in [0.4, 0.5) is 5.69 Å². The van der Waals surface area contributed by atoms with Crippen molar-refractivity contribution in [2.75, 3.05) is 5.43 Å². The molecule has 58 valence electrons. The average molecular weight is 149 g/mol. The number of anilines is 1. The van der Waals surface area contributed by atoms with Gasteiger partial charge in [0, 0.05) is 6.20 Å². The van der Waals surface area contributed by atoms with Crippen LogP contribution in [-0.2, 0) is 0 Å². The Morgan fingerprint density at radius 3 is 3.18 bits per heavy atom. The highest BCUT2D eigenvalue weighted by Gasteiger charge is 2.17. The molecule has 1 unspecified atom stereocenters. The lowest BCUT2D eigenvalue weighted by Crippen LogP contribution is -2.15. The van der Waals surface area contributed by atoms with Crippen molar-refractivity contribution in [3.05, 3.63) is 23.5 Å². The first kappa shape index (κ1) is 6.61. The molecule has 0 amide bonds. The van der Waals surface area contributed by atoms with E-state index < -0.39 is 0 Å². The summed E-state index contributed by atoms with van der Waals surface area (Å²) in [4.78, 5) is 4.31. The first-order valence-corrected chi connectivity index (χ1v) is 3.75. The minimum atomic E-state index is 0.325. The highest BCUT2D eigenvalue weighted by atomic mass is 15.4. The van der Waals surface area contributed by atoms with Gasteiger partial charge in [-0.25, -0.2) is 5.43 Å². The first-order valence-electron chi connectivity index (χ1n) is 3.75. The molecule has 1 atom stereocenters. The van der Waals surface area contributed by atoms with E-state index in [1.165, 1.54) is 5.56 Å². The molecular formula is C8H11N3. The summed E-state index contributed by atoms with van der Waals surface area (Å²) >= 11 is 0. The van der Waals surface area contributed by atoms with E-state index in [-0.39, 0.29) is 0 Å². The van der Waals surface area contributed by atoms with Crippen LogP contribution in [0.15, 0.2) is 12.3 Å². The zero-order valence-corrected chi connectivity index (χ0v) is 6.68. The maximum absolute atomic E-state index is 4.31. The molecular weight excluding hydrogens is 138 g/mol. The van der Waals surface area contributed by atoms with Crippen molar-refractivity contribution in [3.63, 3.8) is 0 Å². The number of nitrogens with zero attached hydrogens (tertiary/aromatic N) is 1. The molecule has 1 aliphatic heterocycles. The third kappa shape index (κ3) is 0.973. The third-order valence-corrected chi connectivity index (χ3v) is 1.89. The summed E-state index contributed by atoms with van der Waals surface area (Å²) in [6.45, 7) is 4.12. The highest BCUT2D eigenvalue weighted by molar-refractivity contribution is 5.53. The molecule has 1 aromatic heterocycles. The smallest absolute Gasteiger partial charge is 0.0832 e. The highest BCUT2D eigenvalue weighted by Crippen LogP contribution is 2.25. The molecule has 0 aliphatic carbocycles. The molecule has 0 radical (unpaired) electrons. The quantitative estimate of drug-likeness (QED) is 0.585. The van der Waals surface area contributed by atoms with Gasteiger partial charge >= 0.3 is 0 Å². The summed E-state index contributed by atoms with van der Waals surface area (Å²) in [5.74, 6) is 0. The van der Waals surface area contributed by atoms with Crippen LogP contribution in [0.3, 0.4) is 0 Å². The lowest BCUT2D eigenvalue weighted by Gasteiger charge is -1.99. The molecule has 2 heterocycles. The van der Waals surface area contributed by atoms with E-state index in [1.807, 2.05) is 13.1 Å². The third-order valence-electron chi connectivity index (χ3n) is 1.89. The van der Waals surface area contributed by atoms with Crippen molar-refractivity contribution in [2.24, 2.45) is 0 Å². The number of hydrogen-bond donors (Lipinski definition) is 2. The van der Waals surface area contributed by atoms with Crippen LogP contribution in [-0.4, -0.2) is 4.98 Å². The summed E-state index contributed by atoms with van der Waals surface area (Å²) in [7, 11) is 0. The van der Waals surface area contributed by atoms with Gasteiger partial charge in [-0.3, -0.25) is 4.98 Å². The van der Waals surface area contributed by atoms with E-state index in [9.17, 15) is 0 Å². The Morgan fingerprint density at radius 1 is 1.55 bits per heavy atom. The molecule has 0 aromatic carbocycles. The van der Waals surface area contributed by atoms with Gasteiger partial charge in [-0.2, -0.15) is 0 Å². The maximum Gasteiger partial charge on any atom is 0.0832 e. The molecule has 3 heteroatoms. The van der Waals surface area contributed by atoms with Gasteiger partial charge in [0.2, 0.25) is 0 Å². The van der Waals surface area contributed by atoms with Crippen LogP contribution in [0.1, 0.15) is 24.2 Å². The van der Waals surface area contributed by atoms with E-state index in [0.717, 1.165) is 11.4 Å². The standard InChI is InChI=1S/C8H11N3/c1-5-3-7-8(9-4-5)6(2)10-11-7/h3-4,6,10-11H,1-2H3. The average Bonchev–Trinajstić information content (AvgIpc) is 2.32. The number of fused-ring (bicyclic) bond motifs is 1. The summed E-state index contributed by atoms with van der Waals surface area (Å²) in [5, 5.41) is 0. The van der Waals surface area contributed by atoms with Crippen LogP contribution in [0.2, 0.25) is 0 Å². The number of rotatable bonds is 0. The maximum atomic E-state index is 4.31. The van der Waals surface area contributed by atoms with Gasteiger partial charge in [-0.1, -0.05) is 0 Å². The van der Waals surface area contributed by atoms with Crippen molar-refractivity contribution in [3.8, 4) is 0 Å². The van der Waals surface area contributed by atoms with Gasteiger partial charge < -0.3 is 5.43 Å². The molecule has 0 spiro atoms. The fourth-order valence-corrected chi connectivity index (χ4v) is 1.28. The Balaban J connectivity index is 2.50. The summed E-state index contributed by atoms with van der Waals surface area (Å²) in [5.41, 5.74) is 9.58. The second kappa shape index (κ2) is 2.20. The van der Waals surface area contributed by atoms with Crippen LogP contribution >= 0.6 is 0 Å². The van der Waals surface area contributed by atoms with Crippen molar-refractivity contribution < 1.29 is 0 Å². The Kier molecular flexibility index (Phi) is 1.32. The fraction of sp³-hybridized carbons (Fsp3) is 0.375. The summed E-state index contributed by atoms with van der Waals surface area (Å²) in [6.07, 6.45) is 1.89. The first-order chi connectivity index (χ1) is 5.27. The van der Waals surface area contributed by atoms with Crippen LogP contribution in [0.25, 0.3) is 0 Å². The van der Waals surface area contributed by atoms with Crippen molar-refractivity contribution in [2.45, 2.75) is 19.9 Å². The largest absolute Gasteiger partial charge is 0.319 e. The zero-order valence-electron chi connectivity index (χ0n) is 6.68. The normalized spacial score (nSPS) is 21.1. The van der Waals surface area contributed by atoms with Crippen molar-refractivity contribution >= 4 is 5.69 Å². The SMILES string of the molecule is Cc1cnc2c(c1)NNC2C. The second-order valence-corrected chi connectivity index (χ2v) is 2.94. The summed E-state index contributed by atoms with van der Waals surface area (Å²) < 4.78 is 0. The lowest BCUT2D eigenvalue weighted by molar-refractivity contribution is 0.671. The molecule has 2 rings (SSSR count). The topological polar surface area (TPSA) is 37.0 Å². The van der Waals surface area contributed by atoms with Gasteiger partial charge in [0.05, 0.1) is 17.4 Å². The van der Waals surface area contributed by atoms with Gasteiger partial charge in [0.15, 0.2) is 0 Å². The van der Waals surface area contributed by atoms with Crippen LogP contribution in [0, 0.1) is 6.92 Å². The van der Waals surface area contributed by atoms with Gasteiger partial charge in [0.25, 0.3) is 0 Å². The van der Waals surface area contributed by atoms with Crippen molar-refractivity contribution in [1.82, 2.24) is 10.4 Å². The minimum Gasteiger partial charge on any atom is -0.319 e. The van der Waals surface area contributed by atoms with Crippen LogP contribution < -0.4 is 10.9 Å². The molecule has 0 bridgehead atoms. The number of aryl methyl sites for hydroxylation is 1. The van der Waals surface area contributed by atoms with Gasteiger partial charge in [-0.05, 0) is 25.5 Å². The predicted octanol–water partition coefficient (Wildman–Crippen LogP) is 1.38. The van der Waals surface area contributed by atoms with E-state index >= 15 is 0 Å². The van der Waals surface area contributed by atoms with E-state index in [2.05, 4.69) is 28.8 Å².